The van der Waals surface area contributed by atoms with Gasteiger partial charge in [0, 0.05) is 25.8 Å². The number of aromatic nitrogens is 1. The van der Waals surface area contributed by atoms with E-state index in [0.717, 1.165) is 17.9 Å². The average Bonchev–Trinajstić information content (AvgIpc) is 2.16. The Morgan fingerprint density at radius 3 is 2.64 bits per heavy atom. The first-order valence-electron chi connectivity index (χ1n) is 4.99. The molecule has 0 bridgehead atoms. The number of anilines is 1. The van der Waals surface area contributed by atoms with Gasteiger partial charge in [0.05, 0.1) is 0 Å². The number of rotatable bonds is 3. The Labute approximate surface area is 85.9 Å². The number of hydrogen-bond acceptors (Lipinski definition) is 3. The maximum atomic E-state index is 5.79. The zero-order chi connectivity index (χ0) is 10.7. The Kier molecular flexibility index (Phi) is 3.47. The lowest BCUT2D eigenvalue weighted by molar-refractivity contribution is 0.806. The summed E-state index contributed by atoms with van der Waals surface area (Å²) in [5, 5.41) is 0. The average molecular weight is 193 g/mol. The van der Waals surface area contributed by atoms with Crippen molar-refractivity contribution in [2.24, 2.45) is 5.73 Å². The van der Waals surface area contributed by atoms with Gasteiger partial charge in [0.15, 0.2) is 0 Å². The molecule has 14 heavy (non-hydrogen) atoms. The molecule has 0 aliphatic heterocycles. The summed E-state index contributed by atoms with van der Waals surface area (Å²) in [4.78, 5) is 6.54. The quantitative estimate of drug-likeness (QED) is 0.796. The third-order valence-corrected chi connectivity index (χ3v) is 2.43. The Hall–Kier alpha value is -1.09. The second-order valence-corrected chi connectivity index (χ2v) is 3.71. The van der Waals surface area contributed by atoms with Crippen LogP contribution in [0.1, 0.15) is 31.0 Å². The molecule has 0 aromatic carbocycles. The number of aryl methyl sites for hydroxylation is 1. The van der Waals surface area contributed by atoms with Crippen molar-refractivity contribution in [3.63, 3.8) is 0 Å². The van der Waals surface area contributed by atoms with E-state index in [9.17, 15) is 0 Å². The van der Waals surface area contributed by atoms with E-state index < -0.39 is 0 Å². The number of nitrogens with zero attached hydrogens (tertiary/aromatic N) is 2. The minimum Gasteiger partial charge on any atom is -0.360 e. The molecule has 0 radical (unpaired) electrons. The van der Waals surface area contributed by atoms with E-state index in [2.05, 4.69) is 29.8 Å². The summed E-state index contributed by atoms with van der Waals surface area (Å²) in [5.74, 6) is 1.04. The van der Waals surface area contributed by atoms with Gasteiger partial charge in [0.25, 0.3) is 0 Å². The van der Waals surface area contributed by atoms with Gasteiger partial charge < -0.3 is 10.6 Å². The van der Waals surface area contributed by atoms with Crippen molar-refractivity contribution in [2.45, 2.75) is 26.8 Å². The van der Waals surface area contributed by atoms with E-state index in [1.165, 1.54) is 5.56 Å². The first kappa shape index (κ1) is 11.0. The Morgan fingerprint density at radius 2 is 2.21 bits per heavy atom. The van der Waals surface area contributed by atoms with Gasteiger partial charge in [-0.05, 0) is 38.0 Å². The second kappa shape index (κ2) is 4.42. The predicted octanol–water partition coefficient (Wildman–Crippen LogP) is 1.87. The molecule has 1 heterocycles. The molecule has 0 fully saturated rings. The summed E-state index contributed by atoms with van der Waals surface area (Å²) >= 11 is 0. The molecule has 0 saturated heterocycles. The lowest BCUT2D eigenvalue weighted by atomic mass is 10.1. The molecule has 1 rings (SSSR count). The number of nitrogens with two attached hydrogens (primary N) is 1. The summed E-state index contributed by atoms with van der Waals surface area (Å²) in [6.45, 7) is 7.12. The highest BCUT2D eigenvalue weighted by molar-refractivity contribution is 5.46. The molecule has 2 N–H and O–H groups in total. The third kappa shape index (κ3) is 2.23. The highest BCUT2D eigenvalue weighted by Gasteiger charge is 2.07. The van der Waals surface area contributed by atoms with E-state index in [-0.39, 0.29) is 6.04 Å². The van der Waals surface area contributed by atoms with Crippen LogP contribution >= 0.6 is 0 Å². The van der Waals surface area contributed by atoms with Crippen molar-refractivity contribution >= 4 is 5.82 Å². The van der Waals surface area contributed by atoms with Crippen molar-refractivity contribution in [3.8, 4) is 0 Å². The van der Waals surface area contributed by atoms with Crippen molar-refractivity contribution in [3.05, 3.63) is 23.4 Å². The topological polar surface area (TPSA) is 42.2 Å². The Bertz CT molecular complexity index is 307. The van der Waals surface area contributed by atoms with Crippen LogP contribution in [0.5, 0.6) is 0 Å². The highest BCUT2D eigenvalue weighted by atomic mass is 15.2. The van der Waals surface area contributed by atoms with Crippen molar-refractivity contribution < 1.29 is 0 Å². The van der Waals surface area contributed by atoms with E-state index in [1.807, 2.05) is 20.2 Å². The fraction of sp³-hybridized carbons (Fsp3) is 0.545. The highest BCUT2D eigenvalue weighted by Crippen LogP contribution is 2.18. The zero-order valence-corrected chi connectivity index (χ0v) is 9.41. The largest absolute Gasteiger partial charge is 0.360 e. The summed E-state index contributed by atoms with van der Waals surface area (Å²) < 4.78 is 0. The molecule has 0 unspecified atom stereocenters. The van der Waals surface area contributed by atoms with Gasteiger partial charge in [-0.1, -0.05) is 0 Å². The van der Waals surface area contributed by atoms with Gasteiger partial charge in [-0.25, -0.2) is 4.98 Å². The number of pyridine rings is 1. The molecule has 0 aliphatic rings. The smallest absolute Gasteiger partial charge is 0.131 e. The van der Waals surface area contributed by atoms with Crippen molar-refractivity contribution in [1.29, 1.82) is 0 Å². The van der Waals surface area contributed by atoms with Crippen LogP contribution in [0.3, 0.4) is 0 Å². The monoisotopic (exact) mass is 193 g/mol. The van der Waals surface area contributed by atoms with Gasteiger partial charge >= 0.3 is 0 Å². The van der Waals surface area contributed by atoms with E-state index in [1.54, 1.807) is 0 Å². The molecule has 0 aliphatic carbocycles. The fourth-order valence-electron chi connectivity index (χ4n) is 1.39. The minimum absolute atomic E-state index is 0.0576. The molecule has 0 saturated carbocycles. The summed E-state index contributed by atoms with van der Waals surface area (Å²) in [6, 6.07) is 2.17. The van der Waals surface area contributed by atoms with Crippen LogP contribution in [0, 0.1) is 6.92 Å². The Morgan fingerprint density at radius 1 is 1.57 bits per heavy atom. The van der Waals surface area contributed by atoms with Gasteiger partial charge in [0.1, 0.15) is 5.82 Å². The van der Waals surface area contributed by atoms with Crippen LogP contribution in [0.25, 0.3) is 0 Å². The van der Waals surface area contributed by atoms with Gasteiger partial charge in [-0.15, -0.1) is 0 Å². The summed E-state index contributed by atoms with van der Waals surface area (Å²) in [6.07, 6.45) is 1.86. The molecule has 78 valence electrons. The van der Waals surface area contributed by atoms with Gasteiger partial charge in [-0.2, -0.15) is 0 Å². The van der Waals surface area contributed by atoms with Crippen LogP contribution in [-0.2, 0) is 0 Å². The molecule has 0 spiro atoms. The molecule has 1 aromatic rings. The first-order valence-corrected chi connectivity index (χ1v) is 4.99. The number of hydrogen-bond donors (Lipinski definition) is 1. The molecular formula is C11H19N3. The standard InChI is InChI=1S/C11H19N3/c1-5-14(4)11-8(2)6-10(7-13-11)9(3)12/h6-7,9H,5,12H2,1-4H3/t9-/m0/s1. The maximum absolute atomic E-state index is 5.79. The SMILES string of the molecule is CCN(C)c1ncc([C@H](C)N)cc1C. The zero-order valence-electron chi connectivity index (χ0n) is 9.41. The maximum Gasteiger partial charge on any atom is 0.131 e. The van der Waals surface area contributed by atoms with Crippen molar-refractivity contribution in [1.82, 2.24) is 4.98 Å². The second-order valence-electron chi connectivity index (χ2n) is 3.71. The molecule has 1 aromatic heterocycles. The Balaban J connectivity index is 3.01. The van der Waals surface area contributed by atoms with Crippen LogP contribution < -0.4 is 10.6 Å². The van der Waals surface area contributed by atoms with Gasteiger partial charge in [0.2, 0.25) is 0 Å². The minimum atomic E-state index is 0.0576. The fourth-order valence-corrected chi connectivity index (χ4v) is 1.39. The van der Waals surface area contributed by atoms with E-state index in [0.29, 0.717) is 0 Å². The van der Waals surface area contributed by atoms with Crippen LogP contribution in [-0.4, -0.2) is 18.6 Å². The van der Waals surface area contributed by atoms with E-state index >= 15 is 0 Å². The van der Waals surface area contributed by atoms with Crippen LogP contribution in [0.4, 0.5) is 5.82 Å². The van der Waals surface area contributed by atoms with E-state index in [4.69, 9.17) is 5.73 Å². The van der Waals surface area contributed by atoms with Crippen LogP contribution in [0.2, 0.25) is 0 Å². The lowest BCUT2D eigenvalue weighted by Crippen LogP contribution is -2.19. The molecule has 3 heteroatoms. The third-order valence-electron chi connectivity index (χ3n) is 2.43. The first-order chi connectivity index (χ1) is 6.56. The normalized spacial score (nSPS) is 12.6. The van der Waals surface area contributed by atoms with Crippen molar-refractivity contribution in [2.75, 3.05) is 18.5 Å². The molecule has 1 atom stereocenters. The predicted molar refractivity (Wildman–Crippen MR) is 60.5 cm³/mol. The van der Waals surface area contributed by atoms with Gasteiger partial charge in [-0.3, -0.25) is 0 Å². The molecule has 3 nitrogen and oxygen atoms in total. The molecular weight excluding hydrogens is 174 g/mol. The summed E-state index contributed by atoms with van der Waals surface area (Å²) in [5.41, 5.74) is 8.07. The van der Waals surface area contributed by atoms with Crippen LogP contribution in [0.15, 0.2) is 12.3 Å². The summed E-state index contributed by atoms with van der Waals surface area (Å²) in [7, 11) is 2.04. The lowest BCUT2D eigenvalue weighted by Gasteiger charge is -2.19. The molecule has 0 amide bonds.